The first-order valence-corrected chi connectivity index (χ1v) is 11.0. The third-order valence-corrected chi connectivity index (χ3v) is 6.24. The topological polar surface area (TPSA) is 38.8 Å². The molecule has 0 aromatic heterocycles. The summed E-state index contributed by atoms with van der Waals surface area (Å²) in [4.78, 5) is 19.9. The predicted molar refractivity (Wildman–Crippen MR) is 129 cm³/mol. The summed E-state index contributed by atoms with van der Waals surface area (Å²) in [5.41, 5.74) is 3.13. The molecule has 31 heavy (non-hydrogen) atoms. The molecule has 1 aliphatic heterocycles. The lowest BCUT2D eigenvalue weighted by molar-refractivity contribution is 0.0886. The molecule has 0 aliphatic carbocycles. The number of hydrogen-bond acceptors (Lipinski definition) is 4. The zero-order valence-corrected chi connectivity index (χ0v) is 18.7. The summed E-state index contributed by atoms with van der Waals surface area (Å²) in [5.74, 6) is -0.0187. The zero-order valence-electron chi connectivity index (χ0n) is 18.7. The second kappa shape index (κ2) is 9.50. The van der Waals surface area contributed by atoms with E-state index < -0.39 is 0 Å². The van der Waals surface area contributed by atoms with Crippen LogP contribution in [0, 0.1) is 0 Å². The molecule has 0 bridgehead atoms. The van der Waals surface area contributed by atoms with Crippen molar-refractivity contribution in [1.29, 1.82) is 0 Å². The minimum Gasteiger partial charge on any atom is -0.378 e. The summed E-state index contributed by atoms with van der Waals surface area (Å²) in [7, 11) is 6.27. The van der Waals surface area contributed by atoms with Crippen molar-refractivity contribution in [3.63, 3.8) is 0 Å². The molecule has 3 aromatic carbocycles. The number of anilines is 1. The predicted octanol–water partition coefficient (Wildman–Crippen LogP) is 3.62. The van der Waals surface area contributed by atoms with Crippen molar-refractivity contribution in [3.8, 4) is 0 Å². The molecule has 1 aliphatic rings. The van der Waals surface area contributed by atoms with Gasteiger partial charge in [-0.05, 0) is 47.6 Å². The summed E-state index contributed by atoms with van der Waals surface area (Å²) in [5, 5.41) is 5.44. The van der Waals surface area contributed by atoms with E-state index >= 15 is 0 Å². The smallest absolute Gasteiger partial charge is 0.251 e. The quantitative estimate of drug-likeness (QED) is 0.666. The van der Waals surface area contributed by atoms with Gasteiger partial charge in [0.25, 0.3) is 5.91 Å². The number of piperazine rings is 1. The van der Waals surface area contributed by atoms with Crippen LogP contribution in [0.4, 0.5) is 5.69 Å². The fraction of sp³-hybridized carbons (Fsp3) is 0.346. The van der Waals surface area contributed by atoms with Crippen molar-refractivity contribution in [2.45, 2.75) is 6.04 Å². The second-order valence-corrected chi connectivity index (χ2v) is 8.61. The van der Waals surface area contributed by atoms with Gasteiger partial charge in [0, 0.05) is 58.1 Å². The van der Waals surface area contributed by atoms with Gasteiger partial charge in [-0.3, -0.25) is 9.69 Å². The number of nitrogens with zero attached hydrogens (tertiary/aromatic N) is 3. The minimum atomic E-state index is -0.0187. The van der Waals surface area contributed by atoms with Crippen molar-refractivity contribution in [1.82, 2.24) is 15.1 Å². The van der Waals surface area contributed by atoms with E-state index in [0.717, 1.165) is 37.0 Å². The highest BCUT2D eigenvalue weighted by molar-refractivity contribution is 5.98. The van der Waals surface area contributed by atoms with E-state index in [1.807, 2.05) is 36.4 Å². The molecule has 162 valence electrons. The van der Waals surface area contributed by atoms with E-state index in [-0.39, 0.29) is 11.9 Å². The Morgan fingerprint density at radius 2 is 1.61 bits per heavy atom. The number of amides is 1. The van der Waals surface area contributed by atoms with Crippen molar-refractivity contribution in [2.24, 2.45) is 0 Å². The van der Waals surface area contributed by atoms with Gasteiger partial charge in [0.2, 0.25) is 0 Å². The Morgan fingerprint density at radius 1 is 0.935 bits per heavy atom. The standard InChI is InChI=1S/C26H32N4O/c1-28(2)24-12-10-21(11-13-24)25(30-16-14-29(3)15-17-30)19-27-26(31)23-9-8-20-6-4-5-7-22(20)18-23/h4-13,18,25H,14-17,19H2,1-3H3,(H,27,31)/t25-/m1/s1. The van der Waals surface area contributed by atoms with Gasteiger partial charge in [-0.15, -0.1) is 0 Å². The van der Waals surface area contributed by atoms with E-state index in [9.17, 15) is 4.79 Å². The molecule has 0 radical (unpaired) electrons. The van der Waals surface area contributed by atoms with Crippen LogP contribution in [0.3, 0.4) is 0 Å². The molecule has 1 fully saturated rings. The number of benzene rings is 3. The Morgan fingerprint density at radius 3 is 2.29 bits per heavy atom. The number of likely N-dealkylation sites (N-methyl/N-ethyl adjacent to an activating group) is 1. The normalized spacial score (nSPS) is 16.2. The van der Waals surface area contributed by atoms with Gasteiger partial charge in [0.15, 0.2) is 0 Å². The van der Waals surface area contributed by atoms with Gasteiger partial charge in [-0.25, -0.2) is 0 Å². The maximum atomic E-state index is 13.0. The Bertz CT molecular complexity index is 1020. The van der Waals surface area contributed by atoms with Crippen LogP contribution in [-0.4, -0.2) is 69.6 Å². The molecule has 1 N–H and O–H groups in total. The summed E-state index contributed by atoms with van der Waals surface area (Å²) in [6, 6.07) is 22.9. The average molecular weight is 417 g/mol. The van der Waals surface area contributed by atoms with Crippen LogP contribution in [0.2, 0.25) is 0 Å². The largest absolute Gasteiger partial charge is 0.378 e. The number of nitrogens with one attached hydrogen (secondary N) is 1. The van der Waals surface area contributed by atoms with Crippen molar-refractivity contribution in [2.75, 3.05) is 58.8 Å². The molecule has 0 saturated carbocycles. The Kier molecular flexibility index (Phi) is 6.54. The molecule has 4 rings (SSSR count). The lowest BCUT2D eigenvalue weighted by Gasteiger charge is -2.38. The number of hydrogen-bond donors (Lipinski definition) is 1. The van der Waals surface area contributed by atoms with E-state index in [4.69, 9.17) is 0 Å². The molecule has 5 heteroatoms. The lowest BCUT2D eigenvalue weighted by Crippen LogP contribution is -2.48. The van der Waals surface area contributed by atoms with Crippen LogP contribution in [0.25, 0.3) is 10.8 Å². The molecule has 1 amide bonds. The summed E-state index contributed by atoms with van der Waals surface area (Å²) in [6.45, 7) is 4.69. The summed E-state index contributed by atoms with van der Waals surface area (Å²) < 4.78 is 0. The van der Waals surface area contributed by atoms with Gasteiger partial charge in [-0.1, -0.05) is 42.5 Å². The highest BCUT2D eigenvalue weighted by Crippen LogP contribution is 2.24. The van der Waals surface area contributed by atoms with Crippen molar-refractivity contribution < 1.29 is 4.79 Å². The highest BCUT2D eigenvalue weighted by Gasteiger charge is 2.24. The molecule has 1 saturated heterocycles. The van der Waals surface area contributed by atoms with E-state index in [1.165, 1.54) is 11.3 Å². The van der Waals surface area contributed by atoms with E-state index in [2.05, 4.69) is 71.5 Å². The van der Waals surface area contributed by atoms with Gasteiger partial charge in [0.05, 0.1) is 6.04 Å². The van der Waals surface area contributed by atoms with Crippen LogP contribution >= 0.6 is 0 Å². The fourth-order valence-corrected chi connectivity index (χ4v) is 4.21. The van der Waals surface area contributed by atoms with Gasteiger partial charge >= 0.3 is 0 Å². The van der Waals surface area contributed by atoms with Gasteiger partial charge in [-0.2, -0.15) is 0 Å². The summed E-state index contributed by atoms with van der Waals surface area (Å²) >= 11 is 0. The first-order chi connectivity index (χ1) is 15.0. The number of carbonyl (C=O) groups excluding carboxylic acids is 1. The maximum absolute atomic E-state index is 13.0. The zero-order chi connectivity index (χ0) is 21.8. The lowest BCUT2D eigenvalue weighted by atomic mass is 10.0. The molecular formula is C26H32N4O. The molecule has 0 spiro atoms. The van der Waals surface area contributed by atoms with Crippen LogP contribution in [0.5, 0.6) is 0 Å². The Labute approximate surface area is 185 Å². The number of fused-ring (bicyclic) bond motifs is 1. The van der Waals surface area contributed by atoms with Crippen LogP contribution in [0.15, 0.2) is 66.7 Å². The Balaban J connectivity index is 1.51. The van der Waals surface area contributed by atoms with Crippen molar-refractivity contribution in [3.05, 3.63) is 77.9 Å². The number of carbonyl (C=O) groups is 1. The third-order valence-electron chi connectivity index (χ3n) is 6.24. The van der Waals surface area contributed by atoms with E-state index in [1.54, 1.807) is 0 Å². The molecular weight excluding hydrogens is 384 g/mol. The second-order valence-electron chi connectivity index (χ2n) is 8.61. The molecule has 0 unspecified atom stereocenters. The molecule has 5 nitrogen and oxygen atoms in total. The first kappa shape index (κ1) is 21.3. The number of rotatable bonds is 6. The van der Waals surface area contributed by atoms with E-state index in [0.29, 0.717) is 12.1 Å². The fourth-order valence-electron chi connectivity index (χ4n) is 4.21. The SMILES string of the molecule is CN1CCN([C@H](CNC(=O)c2ccc3ccccc3c2)c2ccc(N(C)C)cc2)CC1. The third kappa shape index (κ3) is 5.06. The minimum absolute atomic E-state index is 0.0187. The maximum Gasteiger partial charge on any atom is 0.251 e. The first-order valence-electron chi connectivity index (χ1n) is 11.0. The van der Waals surface area contributed by atoms with Crippen LogP contribution < -0.4 is 10.2 Å². The van der Waals surface area contributed by atoms with Crippen molar-refractivity contribution >= 4 is 22.4 Å². The highest BCUT2D eigenvalue weighted by atomic mass is 16.1. The Hall–Kier alpha value is -2.89. The van der Waals surface area contributed by atoms with Crippen LogP contribution in [0.1, 0.15) is 22.0 Å². The summed E-state index contributed by atoms with van der Waals surface area (Å²) in [6.07, 6.45) is 0. The average Bonchev–Trinajstić information content (AvgIpc) is 2.80. The van der Waals surface area contributed by atoms with Crippen LogP contribution in [-0.2, 0) is 0 Å². The molecule has 1 heterocycles. The molecule has 3 aromatic rings. The van der Waals surface area contributed by atoms with Gasteiger partial charge in [0.1, 0.15) is 0 Å². The molecule has 1 atom stereocenters. The monoisotopic (exact) mass is 416 g/mol. The van der Waals surface area contributed by atoms with Gasteiger partial charge < -0.3 is 15.1 Å².